The lowest BCUT2D eigenvalue weighted by molar-refractivity contribution is 0.0553. The number of ether oxygens (including phenoxy) is 1. The highest BCUT2D eigenvalue weighted by atomic mass is 19.1. The van der Waals surface area contributed by atoms with Gasteiger partial charge in [0.2, 0.25) is 0 Å². The van der Waals surface area contributed by atoms with Crippen LogP contribution in [0.5, 0.6) is 0 Å². The summed E-state index contributed by atoms with van der Waals surface area (Å²) in [4.78, 5) is 0. The summed E-state index contributed by atoms with van der Waals surface area (Å²) >= 11 is 0. The predicted molar refractivity (Wildman–Crippen MR) is 56.1 cm³/mol. The van der Waals surface area contributed by atoms with Crippen molar-refractivity contribution in [2.75, 3.05) is 0 Å². The Hall–Kier alpha value is -1.35. The second kappa shape index (κ2) is 4.03. The fraction of sp³-hybridized carbons (Fsp3) is 0.333. The predicted octanol–water partition coefficient (Wildman–Crippen LogP) is 3.50. The zero-order valence-corrected chi connectivity index (χ0v) is 8.79. The highest BCUT2D eigenvalue weighted by molar-refractivity contribution is 5.77. The third kappa shape index (κ3) is 2.36. The van der Waals surface area contributed by atoms with Gasteiger partial charge in [-0.15, -0.1) is 0 Å². The van der Waals surface area contributed by atoms with Crippen LogP contribution in [0.15, 0.2) is 28.7 Å². The van der Waals surface area contributed by atoms with Crippen LogP contribution in [0.4, 0.5) is 4.39 Å². The van der Waals surface area contributed by atoms with E-state index >= 15 is 0 Å². The molecule has 1 aromatic carbocycles. The first-order valence-corrected chi connectivity index (χ1v) is 4.95. The Bertz CT molecular complexity index is 460. The molecular formula is C12H13FO2. The first-order valence-electron chi connectivity index (χ1n) is 4.95. The Morgan fingerprint density at radius 2 is 2.13 bits per heavy atom. The standard InChI is InChI=1S/C12H13FO2/c1-8(2)14-7-11-5-9-3-4-10(13)6-12(9)15-11/h3-6,8H,7H2,1-2H3. The van der Waals surface area contributed by atoms with E-state index < -0.39 is 0 Å². The van der Waals surface area contributed by atoms with Crippen LogP contribution in [0, 0.1) is 5.82 Å². The van der Waals surface area contributed by atoms with Gasteiger partial charge in [-0.1, -0.05) is 0 Å². The molecule has 0 N–H and O–H groups in total. The molecule has 2 aromatic rings. The number of hydrogen-bond donors (Lipinski definition) is 0. The van der Waals surface area contributed by atoms with Crippen molar-refractivity contribution in [3.63, 3.8) is 0 Å². The van der Waals surface area contributed by atoms with Crippen LogP contribution < -0.4 is 0 Å². The Kier molecular flexibility index (Phi) is 2.73. The number of halogens is 1. The van der Waals surface area contributed by atoms with Gasteiger partial charge in [-0.2, -0.15) is 0 Å². The molecule has 1 heterocycles. The van der Waals surface area contributed by atoms with Gasteiger partial charge in [0.1, 0.15) is 23.8 Å². The summed E-state index contributed by atoms with van der Waals surface area (Å²) in [5, 5.41) is 0.902. The number of fused-ring (bicyclic) bond motifs is 1. The van der Waals surface area contributed by atoms with Gasteiger partial charge in [0.05, 0.1) is 6.10 Å². The van der Waals surface area contributed by atoms with E-state index in [9.17, 15) is 4.39 Å². The molecule has 1 aromatic heterocycles. The summed E-state index contributed by atoms with van der Waals surface area (Å²) in [6.07, 6.45) is 0.162. The quantitative estimate of drug-likeness (QED) is 0.770. The minimum absolute atomic E-state index is 0.162. The van der Waals surface area contributed by atoms with E-state index in [-0.39, 0.29) is 11.9 Å². The molecule has 0 aliphatic carbocycles. The van der Waals surface area contributed by atoms with Crippen molar-refractivity contribution in [2.24, 2.45) is 0 Å². The molecule has 0 aliphatic rings. The van der Waals surface area contributed by atoms with Crippen LogP contribution in [0.1, 0.15) is 19.6 Å². The molecule has 0 saturated carbocycles. The summed E-state index contributed by atoms with van der Waals surface area (Å²) in [5.74, 6) is 0.442. The van der Waals surface area contributed by atoms with Crippen molar-refractivity contribution >= 4 is 11.0 Å². The van der Waals surface area contributed by atoms with E-state index in [1.165, 1.54) is 12.1 Å². The number of benzene rings is 1. The Balaban J connectivity index is 2.23. The molecule has 0 spiro atoms. The van der Waals surface area contributed by atoms with E-state index in [1.54, 1.807) is 6.07 Å². The van der Waals surface area contributed by atoms with Gasteiger partial charge in [0, 0.05) is 11.5 Å². The third-order valence-corrected chi connectivity index (χ3v) is 2.09. The van der Waals surface area contributed by atoms with Gasteiger partial charge in [-0.25, -0.2) is 4.39 Å². The molecule has 0 amide bonds. The first-order chi connectivity index (χ1) is 7.15. The molecule has 3 heteroatoms. The zero-order valence-electron chi connectivity index (χ0n) is 8.79. The van der Waals surface area contributed by atoms with Crippen LogP contribution in [-0.2, 0) is 11.3 Å². The molecule has 15 heavy (non-hydrogen) atoms. The summed E-state index contributed by atoms with van der Waals surface area (Å²) < 4.78 is 23.7. The maximum atomic E-state index is 12.9. The van der Waals surface area contributed by atoms with Gasteiger partial charge in [0.15, 0.2) is 0 Å². The van der Waals surface area contributed by atoms with Crippen LogP contribution in [0.3, 0.4) is 0 Å². The molecule has 0 saturated heterocycles. The largest absolute Gasteiger partial charge is 0.459 e. The molecule has 0 bridgehead atoms. The van der Waals surface area contributed by atoms with Crippen molar-refractivity contribution in [2.45, 2.75) is 26.6 Å². The molecule has 80 valence electrons. The summed E-state index contributed by atoms with van der Waals surface area (Å²) in [7, 11) is 0. The lowest BCUT2D eigenvalue weighted by atomic mass is 10.2. The van der Waals surface area contributed by atoms with Crippen LogP contribution in [-0.4, -0.2) is 6.10 Å². The number of rotatable bonds is 3. The molecule has 0 unspecified atom stereocenters. The smallest absolute Gasteiger partial charge is 0.137 e. The van der Waals surface area contributed by atoms with Gasteiger partial charge >= 0.3 is 0 Å². The van der Waals surface area contributed by atoms with E-state index in [4.69, 9.17) is 9.15 Å². The molecule has 0 radical (unpaired) electrons. The van der Waals surface area contributed by atoms with E-state index in [2.05, 4.69) is 0 Å². The highest BCUT2D eigenvalue weighted by Crippen LogP contribution is 2.21. The first kappa shape index (κ1) is 10.2. The van der Waals surface area contributed by atoms with E-state index in [0.29, 0.717) is 12.2 Å². The maximum Gasteiger partial charge on any atom is 0.137 e. The van der Waals surface area contributed by atoms with Crippen molar-refractivity contribution in [1.82, 2.24) is 0 Å². The van der Waals surface area contributed by atoms with Crippen LogP contribution in [0.25, 0.3) is 11.0 Å². The monoisotopic (exact) mass is 208 g/mol. The van der Waals surface area contributed by atoms with Crippen molar-refractivity contribution < 1.29 is 13.5 Å². The molecule has 2 rings (SSSR count). The molecule has 0 fully saturated rings. The van der Waals surface area contributed by atoms with E-state index in [0.717, 1.165) is 11.1 Å². The Morgan fingerprint density at radius 1 is 1.33 bits per heavy atom. The summed E-state index contributed by atoms with van der Waals surface area (Å²) in [6.45, 7) is 4.35. The van der Waals surface area contributed by atoms with Gasteiger partial charge < -0.3 is 9.15 Å². The summed E-state index contributed by atoms with van der Waals surface area (Å²) in [5.41, 5.74) is 0.567. The fourth-order valence-corrected chi connectivity index (χ4v) is 1.38. The van der Waals surface area contributed by atoms with Gasteiger partial charge in [-0.3, -0.25) is 0 Å². The minimum atomic E-state index is -0.284. The van der Waals surface area contributed by atoms with Crippen LogP contribution in [0.2, 0.25) is 0 Å². The minimum Gasteiger partial charge on any atom is -0.459 e. The Morgan fingerprint density at radius 3 is 2.87 bits per heavy atom. The lowest BCUT2D eigenvalue weighted by Gasteiger charge is -2.03. The third-order valence-electron chi connectivity index (χ3n) is 2.09. The SMILES string of the molecule is CC(C)OCc1cc2ccc(F)cc2o1. The maximum absolute atomic E-state index is 12.9. The van der Waals surface area contributed by atoms with Crippen molar-refractivity contribution in [1.29, 1.82) is 0 Å². The topological polar surface area (TPSA) is 22.4 Å². The van der Waals surface area contributed by atoms with E-state index in [1.807, 2.05) is 19.9 Å². The van der Waals surface area contributed by atoms with Gasteiger partial charge in [0.25, 0.3) is 0 Å². The molecular weight excluding hydrogens is 195 g/mol. The zero-order chi connectivity index (χ0) is 10.8. The second-order valence-electron chi connectivity index (χ2n) is 3.75. The average molecular weight is 208 g/mol. The van der Waals surface area contributed by atoms with Crippen LogP contribution >= 0.6 is 0 Å². The second-order valence-corrected chi connectivity index (χ2v) is 3.75. The fourth-order valence-electron chi connectivity index (χ4n) is 1.38. The molecule has 0 atom stereocenters. The number of furan rings is 1. The van der Waals surface area contributed by atoms with Crippen molar-refractivity contribution in [3.05, 3.63) is 35.8 Å². The lowest BCUT2D eigenvalue weighted by Crippen LogP contribution is -2.01. The molecule has 2 nitrogen and oxygen atoms in total. The van der Waals surface area contributed by atoms with Gasteiger partial charge in [-0.05, 0) is 32.0 Å². The average Bonchev–Trinajstić information content (AvgIpc) is 2.56. The molecule has 0 aliphatic heterocycles. The highest BCUT2D eigenvalue weighted by Gasteiger charge is 2.05. The normalized spacial score (nSPS) is 11.5. The summed E-state index contributed by atoms with van der Waals surface area (Å²) in [6, 6.07) is 6.38. The van der Waals surface area contributed by atoms with Crippen molar-refractivity contribution in [3.8, 4) is 0 Å². The number of hydrogen-bond acceptors (Lipinski definition) is 2. The Labute approximate surface area is 87.6 Å².